The Hall–Kier alpha value is -2.14. The third kappa shape index (κ3) is 4.89. The molecule has 1 aliphatic carbocycles. The van der Waals surface area contributed by atoms with Gasteiger partial charge in [-0.15, -0.1) is 11.3 Å². The highest BCUT2D eigenvalue weighted by molar-refractivity contribution is 7.17. The molecule has 0 unspecified atom stereocenters. The van der Waals surface area contributed by atoms with Crippen molar-refractivity contribution in [3.63, 3.8) is 0 Å². The van der Waals surface area contributed by atoms with Crippen molar-refractivity contribution >= 4 is 28.2 Å². The lowest BCUT2D eigenvalue weighted by molar-refractivity contribution is 0.0953. The van der Waals surface area contributed by atoms with Gasteiger partial charge in [-0.05, 0) is 61.6 Å². The SMILES string of the molecule is CCCNC(=O)c1c(NC(=O)c2cccc(C)c2)sc2c1CC[C@@H](C(C)(C)C)C2. The Balaban J connectivity index is 1.94. The molecule has 156 valence electrons. The fraction of sp³-hybridized carbons (Fsp3) is 0.500. The molecule has 0 bridgehead atoms. The van der Waals surface area contributed by atoms with Crippen molar-refractivity contribution in [2.24, 2.45) is 11.3 Å². The van der Waals surface area contributed by atoms with Gasteiger partial charge in [0.1, 0.15) is 5.00 Å². The van der Waals surface area contributed by atoms with Crippen LogP contribution in [-0.4, -0.2) is 18.4 Å². The minimum Gasteiger partial charge on any atom is -0.352 e. The first-order valence-corrected chi connectivity index (χ1v) is 11.3. The van der Waals surface area contributed by atoms with Gasteiger partial charge in [0, 0.05) is 17.0 Å². The Morgan fingerprint density at radius 3 is 2.62 bits per heavy atom. The van der Waals surface area contributed by atoms with Gasteiger partial charge in [-0.1, -0.05) is 45.4 Å². The predicted octanol–water partition coefficient (Wildman–Crippen LogP) is 5.60. The number of thiophene rings is 1. The van der Waals surface area contributed by atoms with E-state index in [4.69, 9.17) is 0 Å². The number of nitrogens with one attached hydrogen (secondary N) is 2. The van der Waals surface area contributed by atoms with Crippen molar-refractivity contribution in [2.75, 3.05) is 11.9 Å². The summed E-state index contributed by atoms with van der Waals surface area (Å²) < 4.78 is 0. The lowest BCUT2D eigenvalue weighted by atomic mass is 9.72. The van der Waals surface area contributed by atoms with Crippen LogP contribution in [0.3, 0.4) is 0 Å². The topological polar surface area (TPSA) is 58.2 Å². The van der Waals surface area contributed by atoms with Crippen LogP contribution in [0.2, 0.25) is 0 Å². The van der Waals surface area contributed by atoms with Crippen LogP contribution in [0.5, 0.6) is 0 Å². The van der Waals surface area contributed by atoms with Gasteiger partial charge < -0.3 is 10.6 Å². The number of benzene rings is 1. The Morgan fingerprint density at radius 1 is 1.21 bits per heavy atom. The summed E-state index contributed by atoms with van der Waals surface area (Å²) in [5, 5.41) is 6.73. The molecule has 2 aromatic rings. The summed E-state index contributed by atoms with van der Waals surface area (Å²) >= 11 is 1.58. The maximum Gasteiger partial charge on any atom is 0.256 e. The van der Waals surface area contributed by atoms with E-state index in [1.165, 1.54) is 4.88 Å². The van der Waals surface area contributed by atoms with Crippen molar-refractivity contribution in [3.8, 4) is 0 Å². The lowest BCUT2D eigenvalue weighted by Crippen LogP contribution is -2.29. The average molecular weight is 413 g/mol. The highest BCUT2D eigenvalue weighted by atomic mass is 32.1. The molecule has 0 aliphatic heterocycles. The summed E-state index contributed by atoms with van der Waals surface area (Å²) in [6.07, 6.45) is 3.82. The molecule has 0 saturated heterocycles. The number of aryl methyl sites for hydroxylation is 1. The van der Waals surface area contributed by atoms with E-state index in [1.807, 2.05) is 38.1 Å². The number of carbonyl (C=O) groups is 2. The second-order valence-corrected chi connectivity index (χ2v) is 10.2. The van der Waals surface area contributed by atoms with Gasteiger partial charge in [0.25, 0.3) is 11.8 Å². The third-order valence-electron chi connectivity index (χ3n) is 5.76. The van der Waals surface area contributed by atoms with E-state index < -0.39 is 0 Å². The number of hydrogen-bond acceptors (Lipinski definition) is 3. The number of anilines is 1. The van der Waals surface area contributed by atoms with Crippen LogP contribution < -0.4 is 10.6 Å². The van der Waals surface area contributed by atoms with Crippen LogP contribution >= 0.6 is 11.3 Å². The summed E-state index contributed by atoms with van der Waals surface area (Å²) in [6, 6.07) is 7.53. The molecule has 0 radical (unpaired) electrons. The van der Waals surface area contributed by atoms with Crippen LogP contribution in [-0.2, 0) is 12.8 Å². The Kier molecular flexibility index (Phi) is 6.47. The van der Waals surface area contributed by atoms with Crippen LogP contribution in [0.4, 0.5) is 5.00 Å². The summed E-state index contributed by atoms with van der Waals surface area (Å²) in [5.41, 5.74) is 3.69. The maximum atomic E-state index is 13.0. The molecule has 2 amide bonds. The number of carbonyl (C=O) groups excluding carboxylic acids is 2. The van der Waals surface area contributed by atoms with E-state index in [1.54, 1.807) is 11.3 Å². The quantitative estimate of drug-likeness (QED) is 0.671. The normalized spacial score (nSPS) is 16.2. The predicted molar refractivity (Wildman–Crippen MR) is 121 cm³/mol. The number of fused-ring (bicyclic) bond motifs is 1. The van der Waals surface area contributed by atoms with Crippen LogP contribution in [0, 0.1) is 18.3 Å². The van der Waals surface area contributed by atoms with Crippen molar-refractivity contribution in [3.05, 3.63) is 51.4 Å². The van der Waals surface area contributed by atoms with Crippen molar-refractivity contribution in [2.45, 2.75) is 60.3 Å². The first kappa shape index (κ1) is 21.6. The molecule has 1 aromatic carbocycles. The zero-order chi connectivity index (χ0) is 21.2. The zero-order valence-electron chi connectivity index (χ0n) is 18.1. The van der Waals surface area contributed by atoms with Crippen molar-refractivity contribution in [1.82, 2.24) is 5.32 Å². The zero-order valence-corrected chi connectivity index (χ0v) is 19.0. The molecule has 1 atom stereocenters. The molecule has 1 heterocycles. The van der Waals surface area contributed by atoms with Crippen molar-refractivity contribution in [1.29, 1.82) is 0 Å². The minimum absolute atomic E-state index is 0.0712. The molecule has 0 fully saturated rings. The molecular weight excluding hydrogens is 380 g/mol. The summed E-state index contributed by atoms with van der Waals surface area (Å²) in [5.74, 6) is 0.350. The molecule has 0 spiro atoms. The fourth-order valence-corrected chi connectivity index (χ4v) is 5.26. The molecule has 3 rings (SSSR count). The van der Waals surface area contributed by atoms with Crippen LogP contribution in [0.1, 0.15) is 77.3 Å². The summed E-state index contributed by atoms with van der Waals surface area (Å²) in [7, 11) is 0. The minimum atomic E-state index is -0.163. The number of rotatable bonds is 5. The highest BCUT2D eigenvalue weighted by Gasteiger charge is 2.34. The standard InChI is InChI=1S/C24H32N2O2S/c1-6-12-25-22(28)20-18-11-10-17(24(3,4)5)14-19(18)29-23(20)26-21(27)16-9-7-8-15(2)13-16/h7-9,13,17H,6,10-12,14H2,1-5H3,(H,25,28)(H,26,27)/t17-/m1/s1. The van der Waals surface area contributed by atoms with Gasteiger partial charge in [-0.3, -0.25) is 9.59 Å². The molecule has 2 N–H and O–H groups in total. The summed E-state index contributed by atoms with van der Waals surface area (Å²) in [4.78, 5) is 27.1. The first-order chi connectivity index (χ1) is 13.7. The van der Waals surface area contributed by atoms with E-state index in [0.29, 0.717) is 28.6 Å². The van der Waals surface area contributed by atoms with E-state index in [9.17, 15) is 9.59 Å². The van der Waals surface area contributed by atoms with Gasteiger partial charge >= 0.3 is 0 Å². The van der Waals surface area contributed by atoms with Gasteiger partial charge in [0.2, 0.25) is 0 Å². The van der Waals surface area contributed by atoms with Crippen LogP contribution in [0.25, 0.3) is 0 Å². The van der Waals surface area contributed by atoms with Crippen molar-refractivity contribution < 1.29 is 9.59 Å². The van der Waals surface area contributed by atoms with Gasteiger partial charge in [0.05, 0.1) is 5.56 Å². The first-order valence-electron chi connectivity index (χ1n) is 10.5. The molecule has 0 saturated carbocycles. The summed E-state index contributed by atoms with van der Waals surface area (Å²) in [6.45, 7) is 11.5. The smallest absolute Gasteiger partial charge is 0.256 e. The number of amides is 2. The van der Waals surface area contributed by atoms with E-state index >= 15 is 0 Å². The van der Waals surface area contributed by atoms with Gasteiger partial charge in [0.15, 0.2) is 0 Å². The monoisotopic (exact) mass is 412 g/mol. The second-order valence-electron chi connectivity index (χ2n) is 9.09. The molecule has 4 nitrogen and oxygen atoms in total. The lowest BCUT2D eigenvalue weighted by Gasteiger charge is -2.33. The van der Waals surface area contributed by atoms with Gasteiger partial charge in [-0.25, -0.2) is 0 Å². The van der Waals surface area contributed by atoms with E-state index in [2.05, 4.69) is 31.4 Å². The Morgan fingerprint density at radius 2 is 1.97 bits per heavy atom. The van der Waals surface area contributed by atoms with E-state index in [-0.39, 0.29) is 17.2 Å². The fourth-order valence-electron chi connectivity index (χ4n) is 3.94. The van der Waals surface area contributed by atoms with Gasteiger partial charge in [-0.2, -0.15) is 0 Å². The highest BCUT2D eigenvalue weighted by Crippen LogP contribution is 2.44. The third-order valence-corrected chi connectivity index (χ3v) is 6.93. The van der Waals surface area contributed by atoms with Crippen LogP contribution in [0.15, 0.2) is 24.3 Å². The molecule has 1 aliphatic rings. The molecular formula is C24H32N2O2S. The maximum absolute atomic E-state index is 13.0. The molecule has 1 aromatic heterocycles. The average Bonchev–Trinajstić information content (AvgIpc) is 3.02. The molecule has 29 heavy (non-hydrogen) atoms. The van der Waals surface area contributed by atoms with E-state index in [0.717, 1.165) is 36.8 Å². The largest absolute Gasteiger partial charge is 0.352 e. The molecule has 5 heteroatoms. The number of hydrogen-bond donors (Lipinski definition) is 2. The second kappa shape index (κ2) is 8.70. The Labute approximate surface area is 178 Å². The Bertz CT molecular complexity index is 908.